The van der Waals surface area contributed by atoms with Crippen molar-refractivity contribution in [2.75, 3.05) is 13.7 Å². The van der Waals surface area contributed by atoms with Crippen LogP contribution >= 0.6 is 0 Å². The number of nitrogens with zero attached hydrogens (tertiary/aromatic N) is 1. The van der Waals surface area contributed by atoms with Crippen LogP contribution in [0.2, 0.25) is 0 Å². The standard InChI is InChI=1S/C12H19NO2/c1-12-6-4-3-5-9(12)7-10(8-14)13(2)11(12)15/h5,10,14H,3-4,6-8H2,1-2H3/t10-,12-/m0/s1. The minimum Gasteiger partial charge on any atom is -0.394 e. The molecule has 0 aromatic heterocycles. The van der Waals surface area contributed by atoms with Gasteiger partial charge in [0.2, 0.25) is 5.91 Å². The third kappa shape index (κ3) is 1.49. The Morgan fingerprint density at radius 2 is 2.40 bits per heavy atom. The second-order valence-corrected chi connectivity index (χ2v) is 4.91. The topological polar surface area (TPSA) is 40.5 Å². The monoisotopic (exact) mass is 209 g/mol. The molecule has 15 heavy (non-hydrogen) atoms. The van der Waals surface area contributed by atoms with Crippen LogP contribution in [0.3, 0.4) is 0 Å². The molecule has 0 aromatic rings. The highest BCUT2D eigenvalue weighted by Crippen LogP contribution is 2.44. The number of hydrogen-bond donors (Lipinski definition) is 1. The van der Waals surface area contributed by atoms with Gasteiger partial charge in [-0.05, 0) is 32.6 Å². The molecule has 1 N–H and O–H groups in total. The lowest BCUT2D eigenvalue weighted by molar-refractivity contribution is -0.144. The highest BCUT2D eigenvalue weighted by Gasteiger charge is 2.45. The summed E-state index contributed by atoms with van der Waals surface area (Å²) >= 11 is 0. The Bertz CT molecular complexity index is 311. The molecule has 1 heterocycles. The smallest absolute Gasteiger partial charge is 0.232 e. The fourth-order valence-electron chi connectivity index (χ4n) is 2.80. The first-order valence-corrected chi connectivity index (χ1v) is 5.67. The summed E-state index contributed by atoms with van der Waals surface area (Å²) in [5.74, 6) is 0.179. The summed E-state index contributed by atoms with van der Waals surface area (Å²) in [6.45, 7) is 2.11. The van der Waals surface area contributed by atoms with Gasteiger partial charge in [0.1, 0.15) is 0 Å². The highest BCUT2D eigenvalue weighted by atomic mass is 16.3. The molecule has 0 saturated carbocycles. The van der Waals surface area contributed by atoms with Crippen molar-refractivity contribution in [3.63, 3.8) is 0 Å². The van der Waals surface area contributed by atoms with E-state index in [-0.39, 0.29) is 24.0 Å². The number of amides is 1. The Hall–Kier alpha value is -0.830. The summed E-state index contributed by atoms with van der Waals surface area (Å²) in [5.41, 5.74) is 0.967. The SMILES string of the molecule is CN1C(=O)[C@@]2(C)CCCC=C2C[C@H]1CO. The van der Waals surface area contributed by atoms with Gasteiger partial charge in [-0.3, -0.25) is 4.79 Å². The molecule has 3 heteroatoms. The van der Waals surface area contributed by atoms with Crippen LogP contribution in [-0.4, -0.2) is 35.6 Å². The van der Waals surface area contributed by atoms with Gasteiger partial charge in [-0.2, -0.15) is 0 Å². The van der Waals surface area contributed by atoms with Gasteiger partial charge < -0.3 is 10.0 Å². The van der Waals surface area contributed by atoms with E-state index >= 15 is 0 Å². The van der Waals surface area contributed by atoms with Crippen molar-refractivity contribution in [1.82, 2.24) is 4.90 Å². The fraction of sp³-hybridized carbons (Fsp3) is 0.750. The summed E-state index contributed by atoms with van der Waals surface area (Å²) in [4.78, 5) is 13.9. The third-order valence-electron chi connectivity index (χ3n) is 3.99. The normalized spacial score (nSPS) is 36.2. The summed E-state index contributed by atoms with van der Waals surface area (Å²) < 4.78 is 0. The van der Waals surface area contributed by atoms with Gasteiger partial charge >= 0.3 is 0 Å². The van der Waals surface area contributed by atoms with Gasteiger partial charge in [0, 0.05) is 7.05 Å². The summed E-state index contributed by atoms with van der Waals surface area (Å²) in [6, 6.07) is -0.0186. The van der Waals surface area contributed by atoms with E-state index in [4.69, 9.17) is 0 Å². The Kier molecular flexibility index (Phi) is 2.59. The molecule has 2 rings (SSSR count). The minimum absolute atomic E-state index is 0.0186. The van der Waals surface area contributed by atoms with E-state index in [2.05, 4.69) is 6.08 Å². The zero-order valence-corrected chi connectivity index (χ0v) is 9.49. The molecule has 0 spiro atoms. The number of hydrogen-bond acceptors (Lipinski definition) is 2. The molecular weight excluding hydrogens is 190 g/mol. The number of piperidine rings is 1. The molecule has 1 aliphatic carbocycles. The number of aliphatic hydroxyl groups is 1. The van der Waals surface area contributed by atoms with Crippen LogP contribution in [0.5, 0.6) is 0 Å². The first-order valence-electron chi connectivity index (χ1n) is 5.67. The zero-order valence-electron chi connectivity index (χ0n) is 9.49. The number of allylic oxidation sites excluding steroid dienone is 1. The molecular formula is C12H19NO2. The Morgan fingerprint density at radius 3 is 3.07 bits per heavy atom. The molecule has 2 atom stereocenters. The van der Waals surface area contributed by atoms with E-state index in [1.54, 1.807) is 11.9 Å². The molecule has 1 saturated heterocycles. The van der Waals surface area contributed by atoms with Crippen LogP contribution < -0.4 is 0 Å². The predicted octanol–water partition coefficient (Wildman–Crippen LogP) is 1.33. The van der Waals surface area contributed by atoms with Crippen molar-refractivity contribution in [2.45, 2.75) is 38.6 Å². The van der Waals surface area contributed by atoms with Gasteiger partial charge in [0.05, 0.1) is 18.1 Å². The second kappa shape index (κ2) is 3.63. The maximum Gasteiger partial charge on any atom is 0.232 e. The number of aliphatic hydroxyl groups excluding tert-OH is 1. The molecule has 0 unspecified atom stereocenters. The number of carbonyl (C=O) groups excluding carboxylic acids is 1. The molecule has 0 bridgehead atoms. The van der Waals surface area contributed by atoms with E-state index in [9.17, 15) is 9.90 Å². The van der Waals surface area contributed by atoms with Gasteiger partial charge in [-0.1, -0.05) is 11.6 Å². The Morgan fingerprint density at radius 1 is 1.67 bits per heavy atom. The quantitative estimate of drug-likeness (QED) is 0.662. The number of carbonyl (C=O) groups is 1. The molecule has 1 aliphatic heterocycles. The Balaban J connectivity index is 2.33. The molecule has 84 valence electrons. The fourth-order valence-corrected chi connectivity index (χ4v) is 2.80. The molecule has 0 radical (unpaired) electrons. The second-order valence-electron chi connectivity index (χ2n) is 4.91. The third-order valence-corrected chi connectivity index (χ3v) is 3.99. The lowest BCUT2D eigenvalue weighted by Crippen LogP contribution is -2.53. The van der Waals surface area contributed by atoms with E-state index < -0.39 is 0 Å². The molecule has 1 fully saturated rings. The average molecular weight is 209 g/mol. The van der Waals surface area contributed by atoms with Crippen LogP contribution in [0.15, 0.2) is 11.6 Å². The number of likely N-dealkylation sites (tertiary alicyclic amines) is 1. The van der Waals surface area contributed by atoms with Crippen LogP contribution in [0, 0.1) is 5.41 Å². The van der Waals surface area contributed by atoms with E-state index in [1.165, 1.54) is 5.57 Å². The number of fused-ring (bicyclic) bond motifs is 1. The average Bonchev–Trinajstić information content (AvgIpc) is 2.25. The maximum atomic E-state index is 12.2. The maximum absolute atomic E-state index is 12.2. The van der Waals surface area contributed by atoms with Crippen LogP contribution in [0.4, 0.5) is 0 Å². The number of likely N-dealkylation sites (N-methyl/N-ethyl adjacent to an activating group) is 1. The number of rotatable bonds is 1. The minimum atomic E-state index is -0.279. The van der Waals surface area contributed by atoms with Crippen LogP contribution in [0.25, 0.3) is 0 Å². The van der Waals surface area contributed by atoms with Gasteiger partial charge in [0.15, 0.2) is 0 Å². The van der Waals surface area contributed by atoms with E-state index in [0.29, 0.717) is 0 Å². The van der Waals surface area contributed by atoms with Crippen molar-refractivity contribution in [1.29, 1.82) is 0 Å². The first-order chi connectivity index (χ1) is 7.09. The largest absolute Gasteiger partial charge is 0.394 e. The van der Waals surface area contributed by atoms with Crippen molar-refractivity contribution >= 4 is 5.91 Å². The molecule has 3 nitrogen and oxygen atoms in total. The zero-order chi connectivity index (χ0) is 11.1. The van der Waals surface area contributed by atoms with Crippen molar-refractivity contribution in [2.24, 2.45) is 5.41 Å². The van der Waals surface area contributed by atoms with Gasteiger partial charge in [-0.25, -0.2) is 0 Å². The first kappa shape index (κ1) is 10.7. The molecule has 0 aromatic carbocycles. The van der Waals surface area contributed by atoms with Crippen LogP contribution in [-0.2, 0) is 4.79 Å². The Labute approximate surface area is 90.8 Å². The van der Waals surface area contributed by atoms with Crippen LogP contribution in [0.1, 0.15) is 32.6 Å². The predicted molar refractivity (Wildman–Crippen MR) is 58.3 cm³/mol. The van der Waals surface area contributed by atoms with Crippen molar-refractivity contribution in [3.8, 4) is 0 Å². The van der Waals surface area contributed by atoms with Crippen molar-refractivity contribution in [3.05, 3.63) is 11.6 Å². The highest BCUT2D eigenvalue weighted by molar-refractivity contribution is 5.87. The lowest BCUT2D eigenvalue weighted by atomic mass is 9.68. The van der Waals surface area contributed by atoms with Gasteiger partial charge in [-0.15, -0.1) is 0 Å². The summed E-state index contributed by atoms with van der Waals surface area (Å²) in [6.07, 6.45) is 6.19. The summed E-state index contributed by atoms with van der Waals surface area (Å²) in [7, 11) is 1.81. The van der Waals surface area contributed by atoms with Gasteiger partial charge in [0.25, 0.3) is 0 Å². The van der Waals surface area contributed by atoms with Crippen molar-refractivity contribution < 1.29 is 9.90 Å². The van der Waals surface area contributed by atoms with E-state index in [1.807, 2.05) is 6.92 Å². The summed E-state index contributed by atoms with van der Waals surface area (Å²) in [5, 5.41) is 9.23. The molecule has 2 aliphatic rings. The van der Waals surface area contributed by atoms with E-state index in [0.717, 1.165) is 25.7 Å². The molecule has 1 amide bonds. The lowest BCUT2D eigenvalue weighted by Gasteiger charge is -2.45.